The molecule has 0 aliphatic heterocycles. The van der Waals surface area contributed by atoms with Crippen molar-refractivity contribution in [3.05, 3.63) is 49.0 Å². The van der Waals surface area contributed by atoms with Crippen molar-refractivity contribution in [3.8, 4) is 0 Å². The number of nitrogens with one attached hydrogen (secondary N) is 1. The van der Waals surface area contributed by atoms with Crippen LogP contribution in [0.2, 0.25) is 0 Å². The number of benzene rings is 1. The predicted octanol–water partition coefficient (Wildman–Crippen LogP) is 4.11. The van der Waals surface area contributed by atoms with E-state index in [-0.39, 0.29) is 5.91 Å². The molecule has 1 N–H and O–H groups in total. The van der Waals surface area contributed by atoms with E-state index in [1.165, 1.54) is 0 Å². The van der Waals surface area contributed by atoms with Crippen LogP contribution in [0.15, 0.2) is 23.6 Å². The van der Waals surface area contributed by atoms with Crippen molar-refractivity contribution < 1.29 is 4.79 Å². The highest BCUT2D eigenvalue weighted by Gasteiger charge is 2.13. The number of amides is 1. The van der Waals surface area contributed by atoms with Crippen LogP contribution < -0.4 is 5.32 Å². The molecule has 0 atom stereocenters. The Morgan fingerprint density at radius 2 is 2.20 bits per heavy atom. The van der Waals surface area contributed by atoms with Gasteiger partial charge in [-0.05, 0) is 41.1 Å². The van der Waals surface area contributed by atoms with E-state index in [2.05, 4.69) is 46.7 Å². The van der Waals surface area contributed by atoms with E-state index in [1.807, 2.05) is 30.5 Å². The first kappa shape index (κ1) is 15.4. The fourth-order valence-electron chi connectivity index (χ4n) is 1.85. The highest BCUT2D eigenvalue weighted by molar-refractivity contribution is 14.1. The predicted molar refractivity (Wildman–Crippen MR) is 91.3 cm³/mol. The Hall–Kier alpha value is -0.950. The number of hydrogen-bond donors (Lipinski definition) is 1. The Kier molecular flexibility index (Phi) is 5.15. The summed E-state index contributed by atoms with van der Waals surface area (Å²) < 4.78 is 0.973. The number of halogens is 1. The van der Waals surface area contributed by atoms with Gasteiger partial charge >= 0.3 is 0 Å². The van der Waals surface area contributed by atoms with Gasteiger partial charge in [0, 0.05) is 14.9 Å². The number of hydrogen-bond acceptors (Lipinski definition) is 3. The molecule has 1 heterocycles. The third kappa shape index (κ3) is 3.58. The molecule has 1 amide bonds. The summed E-state index contributed by atoms with van der Waals surface area (Å²) >= 11 is 3.84. The molecule has 2 aromatic rings. The number of nitrogens with zero attached hydrogens (tertiary/aromatic N) is 1. The molecule has 1 aromatic carbocycles. The first-order chi connectivity index (χ1) is 9.49. The minimum Gasteiger partial charge on any atom is -0.346 e. The van der Waals surface area contributed by atoms with E-state index in [0.29, 0.717) is 12.5 Å². The SMILES string of the molecule is Cc1cccc(I)c1C(=O)NCc1csc(C(C)C)n1. The zero-order valence-corrected chi connectivity index (χ0v) is 14.7. The second-order valence-corrected chi connectivity index (χ2v) is 7.00. The molecule has 0 aliphatic carbocycles. The monoisotopic (exact) mass is 400 g/mol. The summed E-state index contributed by atoms with van der Waals surface area (Å²) in [5.74, 6) is 0.397. The van der Waals surface area contributed by atoms with Gasteiger partial charge in [0.05, 0.1) is 22.8 Å². The Labute approximate surface area is 137 Å². The van der Waals surface area contributed by atoms with Crippen molar-refractivity contribution in [2.45, 2.75) is 33.2 Å². The lowest BCUT2D eigenvalue weighted by Crippen LogP contribution is -2.24. The normalized spacial score (nSPS) is 10.8. The summed E-state index contributed by atoms with van der Waals surface area (Å²) in [5, 5.41) is 6.07. The summed E-state index contributed by atoms with van der Waals surface area (Å²) in [5.41, 5.74) is 2.68. The summed E-state index contributed by atoms with van der Waals surface area (Å²) in [4.78, 5) is 16.8. The van der Waals surface area contributed by atoms with Crippen molar-refractivity contribution in [2.24, 2.45) is 0 Å². The maximum atomic E-state index is 12.3. The minimum absolute atomic E-state index is 0.0356. The average Bonchev–Trinajstić information content (AvgIpc) is 2.85. The lowest BCUT2D eigenvalue weighted by atomic mass is 10.1. The van der Waals surface area contributed by atoms with Gasteiger partial charge in [0.1, 0.15) is 0 Å². The molecule has 0 unspecified atom stereocenters. The van der Waals surface area contributed by atoms with Gasteiger partial charge < -0.3 is 5.32 Å². The number of aromatic nitrogens is 1. The standard InChI is InChI=1S/C15H17IN2OS/c1-9(2)15-18-11(8-20-15)7-17-14(19)13-10(3)5-4-6-12(13)16/h4-6,8-9H,7H2,1-3H3,(H,17,19). The molecule has 20 heavy (non-hydrogen) atoms. The number of carbonyl (C=O) groups is 1. The van der Waals surface area contributed by atoms with Crippen molar-refractivity contribution in [1.29, 1.82) is 0 Å². The molecule has 0 saturated heterocycles. The van der Waals surface area contributed by atoms with Gasteiger partial charge in [-0.3, -0.25) is 4.79 Å². The average molecular weight is 400 g/mol. The van der Waals surface area contributed by atoms with Gasteiger partial charge in [-0.15, -0.1) is 11.3 Å². The zero-order chi connectivity index (χ0) is 14.7. The van der Waals surface area contributed by atoms with E-state index in [1.54, 1.807) is 11.3 Å². The molecule has 0 saturated carbocycles. The van der Waals surface area contributed by atoms with Crippen molar-refractivity contribution in [1.82, 2.24) is 10.3 Å². The van der Waals surface area contributed by atoms with Gasteiger partial charge in [-0.1, -0.05) is 26.0 Å². The molecular weight excluding hydrogens is 383 g/mol. The van der Waals surface area contributed by atoms with Crippen molar-refractivity contribution in [2.75, 3.05) is 0 Å². The summed E-state index contributed by atoms with van der Waals surface area (Å²) in [7, 11) is 0. The van der Waals surface area contributed by atoms with Crippen LogP contribution in [0.1, 0.15) is 46.4 Å². The van der Waals surface area contributed by atoms with Gasteiger partial charge in [-0.2, -0.15) is 0 Å². The topological polar surface area (TPSA) is 42.0 Å². The summed E-state index contributed by atoms with van der Waals surface area (Å²) in [6.45, 7) is 6.68. The second kappa shape index (κ2) is 6.67. The molecule has 0 aliphatic rings. The quantitative estimate of drug-likeness (QED) is 0.785. The molecule has 1 aromatic heterocycles. The Balaban J connectivity index is 2.05. The molecule has 0 radical (unpaired) electrons. The van der Waals surface area contributed by atoms with Crippen molar-refractivity contribution in [3.63, 3.8) is 0 Å². The van der Waals surface area contributed by atoms with Crippen molar-refractivity contribution >= 4 is 39.8 Å². The van der Waals surface area contributed by atoms with Crippen LogP contribution in [-0.2, 0) is 6.54 Å². The van der Waals surface area contributed by atoms with E-state index >= 15 is 0 Å². The van der Waals surface area contributed by atoms with Crippen LogP contribution in [0, 0.1) is 10.5 Å². The minimum atomic E-state index is -0.0356. The van der Waals surface area contributed by atoms with Crippen LogP contribution in [0.3, 0.4) is 0 Å². The maximum absolute atomic E-state index is 12.3. The largest absolute Gasteiger partial charge is 0.346 e. The van der Waals surface area contributed by atoms with Gasteiger partial charge in [0.15, 0.2) is 0 Å². The fraction of sp³-hybridized carbons (Fsp3) is 0.333. The molecule has 2 rings (SSSR count). The Morgan fingerprint density at radius 3 is 2.80 bits per heavy atom. The number of carbonyl (C=O) groups excluding carboxylic acids is 1. The van der Waals surface area contributed by atoms with Crippen LogP contribution in [0.5, 0.6) is 0 Å². The first-order valence-corrected chi connectivity index (χ1v) is 8.42. The highest BCUT2D eigenvalue weighted by atomic mass is 127. The second-order valence-electron chi connectivity index (χ2n) is 4.95. The van der Waals surface area contributed by atoms with Gasteiger partial charge in [0.2, 0.25) is 0 Å². The Bertz CT molecular complexity index is 602. The van der Waals surface area contributed by atoms with Crippen LogP contribution in [0.25, 0.3) is 0 Å². The van der Waals surface area contributed by atoms with Crippen LogP contribution in [0.4, 0.5) is 0 Å². The number of thiazole rings is 1. The van der Waals surface area contributed by atoms with E-state index in [0.717, 1.165) is 25.4 Å². The van der Waals surface area contributed by atoms with E-state index in [9.17, 15) is 4.79 Å². The lowest BCUT2D eigenvalue weighted by molar-refractivity contribution is 0.0949. The molecule has 106 valence electrons. The van der Waals surface area contributed by atoms with Gasteiger partial charge in [0.25, 0.3) is 5.91 Å². The smallest absolute Gasteiger partial charge is 0.252 e. The zero-order valence-electron chi connectivity index (χ0n) is 11.7. The fourth-order valence-corrected chi connectivity index (χ4v) is 3.56. The van der Waals surface area contributed by atoms with E-state index in [4.69, 9.17) is 0 Å². The Morgan fingerprint density at radius 1 is 1.45 bits per heavy atom. The highest BCUT2D eigenvalue weighted by Crippen LogP contribution is 2.19. The molecule has 5 heteroatoms. The summed E-state index contributed by atoms with van der Waals surface area (Å²) in [6, 6.07) is 5.86. The third-order valence-electron chi connectivity index (χ3n) is 2.94. The number of rotatable bonds is 4. The summed E-state index contributed by atoms with van der Waals surface area (Å²) in [6.07, 6.45) is 0. The molecular formula is C15H17IN2OS. The molecule has 0 spiro atoms. The molecule has 0 bridgehead atoms. The third-order valence-corrected chi connectivity index (χ3v) is 5.04. The van der Waals surface area contributed by atoms with E-state index < -0.39 is 0 Å². The lowest BCUT2D eigenvalue weighted by Gasteiger charge is -2.08. The number of aryl methyl sites for hydroxylation is 1. The molecule has 3 nitrogen and oxygen atoms in total. The molecule has 0 fully saturated rings. The maximum Gasteiger partial charge on any atom is 0.252 e. The van der Waals surface area contributed by atoms with Gasteiger partial charge in [-0.25, -0.2) is 4.98 Å². The first-order valence-electron chi connectivity index (χ1n) is 6.46. The van der Waals surface area contributed by atoms with Crippen LogP contribution in [-0.4, -0.2) is 10.9 Å². The van der Waals surface area contributed by atoms with Crippen LogP contribution >= 0.6 is 33.9 Å².